The molecule has 2 aromatic rings. The van der Waals surface area contributed by atoms with E-state index in [0.717, 1.165) is 47.5 Å². The van der Waals surface area contributed by atoms with Gasteiger partial charge in [-0.1, -0.05) is 5.16 Å². The van der Waals surface area contributed by atoms with Crippen molar-refractivity contribution in [2.75, 3.05) is 13.1 Å². The van der Waals surface area contributed by atoms with Crippen molar-refractivity contribution in [3.05, 3.63) is 36.4 Å². The van der Waals surface area contributed by atoms with Crippen LogP contribution < -0.4 is 5.32 Å². The molecule has 0 aromatic carbocycles. The summed E-state index contributed by atoms with van der Waals surface area (Å²) in [5.74, 6) is 2.68. The zero-order valence-corrected chi connectivity index (χ0v) is 12.5. The predicted molar refractivity (Wildman–Crippen MR) is 81.9 cm³/mol. The second kappa shape index (κ2) is 4.89. The van der Waals surface area contributed by atoms with Gasteiger partial charge in [-0.3, -0.25) is 9.88 Å². The number of aromatic nitrogens is 2. The van der Waals surface area contributed by atoms with Gasteiger partial charge in [-0.25, -0.2) is 0 Å². The minimum absolute atomic E-state index is 0.736. The summed E-state index contributed by atoms with van der Waals surface area (Å²) >= 11 is 0. The van der Waals surface area contributed by atoms with Gasteiger partial charge in [-0.05, 0) is 49.9 Å². The summed E-state index contributed by atoms with van der Waals surface area (Å²) in [6.07, 6.45) is 6.27. The van der Waals surface area contributed by atoms with Crippen LogP contribution in [0.2, 0.25) is 0 Å². The van der Waals surface area contributed by atoms with E-state index >= 15 is 0 Å². The molecule has 0 radical (unpaired) electrons. The molecule has 5 heterocycles. The summed E-state index contributed by atoms with van der Waals surface area (Å²) in [6.45, 7) is 3.29. The van der Waals surface area contributed by atoms with Gasteiger partial charge in [0.25, 0.3) is 0 Å². The molecule has 4 atom stereocenters. The van der Waals surface area contributed by atoms with E-state index in [1.807, 2.05) is 12.1 Å². The third kappa shape index (κ3) is 1.85. The number of pyridine rings is 1. The van der Waals surface area contributed by atoms with Gasteiger partial charge in [-0.2, -0.15) is 0 Å². The summed E-state index contributed by atoms with van der Waals surface area (Å²) in [6, 6.07) is 7.49. The molecular weight excluding hydrogens is 276 g/mol. The second-order valence-electron chi connectivity index (χ2n) is 6.78. The number of hydrogen-bond acceptors (Lipinski definition) is 5. The highest BCUT2D eigenvalue weighted by molar-refractivity contribution is 5.57. The van der Waals surface area contributed by atoms with Crippen LogP contribution in [0.25, 0.3) is 11.3 Å². The predicted octanol–water partition coefficient (Wildman–Crippen LogP) is 1.92. The van der Waals surface area contributed by atoms with E-state index in [9.17, 15) is 0 Å². The Balaban J connectivity index is 1.36. The molecule has 3 fully saturated rings. The zero-order chi connectivity index (χ0) is 14.5. The fourth-order valence-corrected chi connectivity index (χ4v) is 4.86. The van der Waals surface area contributed by atoms with Crippen molar-refractivity contribution in [2.45, 2.75) is 31.5 Å². The quantitative estimate of drug-likeness (QED) is 0.938. The van der Waals surface area contributed by atoms with Crippen molar-refractivity contribution < 1.29 is 4.52 Å². The molecule has 114 valence electrons. The molecule has 3 aliphatic heterocycles. The van der Waals surface area contributed by atoms with Gasteiger partial charge >= 0.3 is 0 Å². The molecule has 5 nitrogen and oxygen atoms in total. The molecule has 0 saturated carbocycles. The first-order valence-corrected chi connectivity index (χ1v) is 8.22. The van der Waals surface area contributed by atoms with Gasteiger partial charge in [0, 0.05) is 36.1 Å². The van der Waals surface area contributed by atoms with Crippen LogP contribution in [-0.2, 0) is 6.54 Å². The van der Waals surface area contributed by atoms with Gasteiger partial charge in [0.15, 0.2) is 5.76 Å². The van der Waals surface area contributed by atoms with Crippen molar-refractivity contribution in [3.63, 3.8) is 0 Å². The molecule has 0 aliphatic carbocycles. The normalized spacial score (nSPS) is 33.5. The lowest BCUT2D eigenvalue weighted by molar-refractivity contribution is 0.193. The van der Waals surface area contributed by atoms with E-state index < -0.39 is 0 Å². The summed E-state index contributed by atoms with van der Waals surface area (Å²) < 4.78 is 5.60. The van der Waals surface area contributed by atoms with Crippen LogP contribution in [0.15, 0.2) is 35.1 Å². The zero-order valence-electron chi connectivity index (χ0n) is 12.5. The molecule has 22 heavy (non-hydrogen) atoms. The third-order valence-electron chi connectivity index (χ3n) is 5.78. The Morgan fingerprint density at radius 2 is 1.86 bits per heavy atom. The summed E-state index contributed by atoms with van der Waals surface area (Å²) in [7, 11) is 0. The molecule has 2 aromatic heterocycles. The Morgan fingerprint density at radius 3 is 2.59 bits per heavy atom. The Labute approximate surface area is 129 Å². The standard InChI is InChI=1S/C17H20N4O/c1-2-17-14-9-19-8-13(14)16(1)21(17)10-12-7-15(20-22-12)11-3-5-18-6-4-11/h3-7,13-14,16-17,19H,1-2,8-10H2/t13-,14+,16-,17+. The van der Waals surface area contributed by atoms with Crippen LogP contribution in [0.4, 0.5) is 0 Å². The SMILES string of the molecule is c1cc(-c2cc(CN3[C@@H]4CC[C@H]3[C@H]3CNC[C@H]34)on2)ccn1. The highest BCUT2D eigenvalue weighted by Gasteiger charge is 2.54. The highest BCUT2D eigenvalue weighted by atomic mass is 16.5. The van der Waals surface area contributed by atoms with Crippen LogP contribution >= 0.6 is 0 Å². The maximum atomic E-state index is 5.60. The molecule has 0 unspecified atom stereocenters. The average Bonchev–Trinajstić information content (AvgIpc) is 3.30. The summed E-state index contributed by atoms with van der Waals surface area (Å²) in [5.41, 5.74) is 1.97. The largest absolute Gasteiger partial charge is 0.359 e. The average molecular weight is 296 g/mol. The fourth-order valence-electron chi connectivity index (χ4n) is 4.86. The van der Waals surface area contributed by atoms with E-state index in [4.69, 9.17) is 4.52 Å². The minimum atomic E-state index is 0.736. The fraction of sp³-hybridized carbons (Fsp3) is 0.529. The molecule has 5 rings (SSSR count). The first-order chi connectivity index (χ1) is 10.9. The van der Waals surface area contributed by atoms with Gasteiger partial charge < -0.3 is 9.84 Å². The summed E-state index contributed by atoms with van der Waals surface area (Å²) in [5, 5.41) is 7.80. The first-order valence-electron chi connectivity index (χ1n) is 8.22. The van der Waals surface area contributed by atoms with E-state index in [1.165, 1.54) is 25.9 Å². The van der Waals surface area contributed by atoms with Crippen molar-refractivity contribution >= 4 is 0 Å². The van der Waals surface area contributed by atoms with E-state index in [0.29, 0.717) is 0 Å². The van der Waals surface area contributed by atoms with Crippen molar-refractivity contribution in [1.82, 2.24) is 20.4 Å². The maximum absolute atomic E-state index is 5.60. The van der Waals surface area contributed by atoms with Crippen LogP contribution in [0.5, 0.6) is 0 Å². The second-order valence-corrected chi connectivity index (χ2v) is 6.78. The molecular formula is C17H20N4O. The van der Waals surface area contributed by atoms with Gasteiger partial charge in [0.1, 0.15) is 5.69 Å². The van der Waals surface area contributed by atoms with Crippen molar-refractivity contribution in [3.8, 4) is 11.3 Å². The summed E-state index contributed by atoms with van der Waals surface area (Å²) in [4.78, 5) is 6.72. The molecule has 2 bridgehead atoms. The number of nitrogens with zero attached hydrogens (tertiary/aromatic N) is 3. The van der Waals surface area contributed by atoms with E-state index in [1.54, 1.807) is 12.4 Å². The van der Waals surface area contributed by atoms with Gasteiger partial charge in [-0.15, -0.1) is 0 Å². The maximum Gasteiger partial charge on any atom is 0.151 e. The Hall–Kier alpha value is -1.72. The van der Waals surface area contributed by atoms with Crippen molar-refractivity contribution in [2.24, 2.45) is 11.8 Å². The Bertz CT molecular complexity index is 652. The lowest BCUT2D eigenvalue weighted by Crippen LogP contribution is -2.33. The molecule has 0 spiro atoms. The third-order valence-corrected chi connectivity index (χ3v) is 5.78. The van der Waals surface area contributed by atoms with Crippen LogP contribution in [0.1, 0.15) is 18.6 Å². The van der Waals surface area contributed by atoms with Crippen molar-refractivity contribution in [1.29, 1.82) is 0 Å². The molecule has 5 heteroatoms. The molecule has 3 saturated heterocycles. The van der Waals surface area contributed by atoms with Crippen LogP contribution in [-0.4, -0.2) is 40.2 Å². The lowest BCUT2D eigenvalue weighted by Gasteiger charge is -2.22. The Kier molecular flexibility index (Phi) is 2.85. The number of nitrogens with one attached hydrogen (secondary N) is 1. The minimum Gasteiger partial charge on any atom is -0.359 e. The lowest BCUT2D eigenvalue weighted by atomic mass is 9.82. The smallest absolute Gasteiger partial charge is 0.151 e. The van der Waals surface area contributed by atoms with E-state index in [-0.39, 0.29) is 0 Å². The number of fused-ring (bicyclic) bond motifs is 5. The molecule has 3 aliphatic rings. The monoisotopic (exact) mass is 296 g/mol. The van der Waals surface area contributed by atoms with Crippen LogP contribution in [0, 0.1) is 11.8 Å². The molecule has 1 N–H and O–H groups in total. The van der Waals surface area contributed by atoms with Gasteiger partial charge in [0.05, 0.1) is 6.54 Å². The number of hydrogen-bond donors (Lipinski definition) is 1. The first kappa shape index (κ1) is 12.8. The topological polar surface area (TPSA) is 54.2 Å². The number of rotatable bonds is 3. The Morgan fingerprint density at radius 1 is 1.14 bits per heavy atom. The molecule has 0 amide bonds. The van der Waals surface area contributed by atoms with Gasteiger partial charge in [0.2, 0.25) is 0 Å². The van der Waals surface area contributed by atoms with E-state index in [2.05, 4.69) is 26.4 Å². The highest BCUT2D eigenvalue weighted by Crippen LogP contribution is 2.47. The van der Waals surface area contributed by atoms with Crippen LogP contribution in [0.3, 0.4) is 0 Å².